The second-order valence-corrected chi connectivity index (χ2v) is 5.61. The molecule has 0 bridgehead atoms. The summed E-state index contributed by atoms with van der Waals surface area (Å²) < 4.78 is 5.29. The lowest BCUT2D eigenvalue weighted by molar-refractivity contribution is -0.176. The highest BCUT2D eigenvalue weighted by Crippen LogP contribution is 2.26. The van der Waals surface area contributed by atoms with E-state index in [1.165, 1.54) is 0 Å². The average Bonchev–Trinajstić information content (AvgIpc) is 2.63. The van der Waals surface area contributed by atoms with Gasteiger partial charge in [-0.1, -0.05) is 27.7 Å². The highest BCUT2D eigenvalue weighted by Gasteiger charge is 2.53. The number of esters is 1. The van der Waals surface area contributed by atoms with Crippen LogP contribution in [0.3, 0.4) is 0 Å². The monoisotopic (exact) mass is 285 g/mol. The Kier molecular flexibility index (Phi) is 5.10. The third-order valence-electron chi connectivity index (χ3n) is 3.46. The molecule has 1 aliphatic rings. The minimum Gasteiger partial charge on any atom is -0.428 e. The van der Waals surface area contributed by atoms with Crippen molar-refractivity contribution < 1.29 is 19.1 Å². The van der Waals surface area contributed by atoms with Crippen molar-refractivity contribution >= 4 is 17.9 Å². The molecule has 1 aliphatic heterocycles. The van der Waals surface area contributed by atoms with Crippen molar-refractivity contribution in [3.8, 4) is 0 Å². The van der Waals surface area contributed by atoms with E-state index in [1.54, 1.807) is 6.92 Å². The molecule has 3 atom stereocenters. The van der Waals surface area contributed by atoms with Crippen molar-refractivity contribution in [2.45, 2.75) is 52.3 Å². The molecule has 7 nitrogen and oxygen atoms in total. The topological polar surface area (TPSA) is 111 Å². The summed E-state index contributed by atoms with van der Waals surface area (Å²) >= 11 is 0. The Morgan fingerprint density at radius 3 is 2.35 bits per heavy atom. The Labute approximate surface area is 118 Å². The summed E-state index contributed by atoms with van der Waals surface area (Å²) in [5.41, 5.74) is 4.10. The van der Waals surface area contributed by atoms with Gasteiger partial charge < -0.3 is 10.5 Å². The van der Waals surface area contributed by atoms with Crippen LogP contribution in [0.5, 0.6) is 0 Å². The maximum absolute atomic E-state index is 12.0. The number of imide groups is 1. The number of carbonyl (C=O) groups is 3. The molecule has 2 unspecified atom stereocenters. The Bertz CT molecular complexity index is 410. The number of urea groups is 1. The number of amides is 3. The normalized spacial score (nSPS) is 25.1. The molecule has 7 heteroatoms. The Morgan fingerprint density at radius 2 is 1.95 bits per heavy atom. The summed E-state index contributed by atoms with van der Waals surface area (Å²) in [6.07, 6.45) is 1.01. The Hall–Kier alpha value is -1.63. The smallest absolute Gasteiger partial charge is 0.325 e. The fraction of sp³-hybridized carbons (Fsp3) is 0.769. The van der Waals surface area contributed by atoms with E-state index in [9.17, 15) is 14.4 Å². The quantitative estimate of drug-likeness (QED) is 0.486. The SMILES string of the molecule is CCC(C)C1(OC(=O)[C@@H](N)CC(C)C)NC(=O)NC1=O. The number of carbonyl (C=O) groups excluding carboxylic acids is 3. The van der Waals surface area contributed by atoms with Gasteiger partial charge in [-0.05, 0) is 18.8 Å². The number of nitrogens with two attached hydrogens (primary N) is 1. The van der Waals surface area contributed by atoms with Gasteiger partial charge >= 0.3 is 12.0 Å². The fourth-order valence-corrected chi connectivity index (χ4v) is 2.10. The lowest BCUT2D eigenvalue weighted by Crippen LogP contribution is -2.57. The predicted molar refractivity (Wildman–Crippen MR) is 72.4 cm³/mol. The zero-order valence-corrected chi connectivity index (χ0v) is 12.4. The number of hydrogen-bond donors (Lipinski definition) is 3. The van der Waals surface area contributed by atoms with E-state index in [0.29, 0.717) is 12.8 Å². The molecule has 0 aromatic rings. The van der Waals surface area contributed by atoms with E-state index in [-0.39, 0.29) is 11.8 Å². The second-order valence-electron chi connectivity index (χ2n) is 5.61. The Morgan fingerprint density at radius 1 is 1.35 bits per heavy atom. The predicted octanol–water partition coefficient (Wildman–Crippen LogP) is 0.485. The summed E-state index contributed by atoms with van der Waals surface area (Å²) in [5.74, 6) is -1.47. The number of nitrogens with one attached hydrogen (secondary N) is 2. The molecule has 0 spiro atoms. The summed E-state index contributed by atoms with van der Waals surface area (Å²) in [5, 5.41) is 4.51. The summed E-state index contributed by atoms with van der Waals surface area (Å²) in [4.78, 5) is 35.4. The minimum absolute atomic E-state index is 0.226. The first-order valence-electron chi connectivity index (χ1n) is 6.85. The van der Waals surface area contributed by atoms with Crippen LogP contribution in [-0.2, 0) is 14.3 Å². The van der Waals surface area contributed by atoms with Crippen molar-refractivity contribution in [2.24, 2.45) is 17.6 Å². The minimum atomic E-state index is -1.66. The molecule has 0 radical (unpaired) electrons. The molecule has 3 amide bonds. The third kappa shape index (κ3) is 3.27. The van der Waals surface area contributed by atoms with Crippen LogP contribution in [0.25, 0.3) is 0 Å². The largest absolute Gasteiger partial charge is 0.428 e. The zero-order valence-electron chi connectivity index (χ0n) is 12.4. The fourth-order valence-electron chi connectivity index (χ4n) is 2.10. The first-order valence-corrected chi connectivity index (χ1v) is 6.85. The average molecular weight is 285 g/mol. The van der Waals surface area contributed by atoms with E-state index in [4.69, 9.17) is 10.5 Å². The number of ether oxygens (including phenoxy) is 1. The molecule has 114 valence electrons. The standard InChI is InChI=1S/C13H23N3O4/c1-5-8(4)13(11(18)15-12(19)16-13)20-10(17)9(14)6-7(2)3/h7-9H,5-6,14H2,1-4H3,(H2,15,16,18,19)/t8?,9-,13?/m0/s1. The van der Waals surface area contributed by atoms with Crippen molar-refractivity contribution in [2.75, 3.05) is 0 Å². The number of hydrogen-bond acceptors (Lipinski definition) is 5. The van der Waals surface area contributed by atoms with Crippen LogP contribution in [0, 0.1) is 11.8 Å². The molecule has 4 N–H and O–H groups in total. The van der Waals surface area contributed by atoms with Crippen molar-refractivity contribution in [3.05, 3.63) is 0 Å². The van der Waals surface area contributed by atoms with Crippen molar-refractivity contribution in [3.63, 3.8) is 0 Å². The lowest BCUT2D eigenvalue weighted by Gasteiger charge is -2.32. The van der Waals surface area contributed by atoms with Gasteiger partial charge in [0.05, 0.1) is 0 Å². The van der Waals surface area contributed by atoms with E-state index >= 15 is 0 Å². The maximum Gasteiger partial charge on any atom is 0.325 e. The highest BCUT2D eigenvalue weighted by atomic mass is 16.6. The lowest BCUT2D eigenvalue weighted by atomic mass is 9.94. The molecule has 0 aromatic carbocycles. The molecule has 0 aliphatic carbocycles. The summed E-state index contributed by atoms with van der Waals surface area (Å²) in [7, 11) is 0. The molecule has 1 saturated heterocycles. The molecule has 1 heterocycles. The van der Waals surface area contributed by atoms with Gasteiger partial charge in [0.15, 0.2) is 0 Å². The van der Waals surface area contributed by atoms with Crippen LogP contribution in [0.1, 0.15) is 40.5 Å². The van der Waals surface area contributed by atoms with E-state index < -0.39 is 29.7 Å². The zero-order chi connectivity index (χ0) is 15.5. The van der Waals surface area contributed by atoms with Crippen LogP contribution >= 0.6 is 0 Å². The molecular formula is C13H23N3O4. The van der Waals surface area contributed by atoms with Gasteiger partial charge in [0.25, 0.3) is 11.6 Å². The third-order valence-corrected chi connectivity index (χ3v) is 3.46. The highest BCUT2D eigenvalue weighted by molar-refractivity contribution is 6.07. The molecule has 0 saturated carbocycles. The van der Waals surface area contributed by atoms with E-state index in [0.717, 1.165) is 0 Å². The van der Waals surface area contributed by atoms with Crippen LogP contribution in [0.4, 0.5) is 4.79 Å². The molecular weight excluding hydrogens is 262 g/mol. The van der Waals surface area contributed by atoms with Crippen LogP contribution in [0.2, 0.25) is 0 Å². The second kappa shape index (κ2) is 6.21. The van der Waals surface area contributed by atoms with Gasteiger partial charge in [0, 0.05) is 5.92 Å². The van der Waals surface area contributed by atoms with Gasteiger partial charge in [-0.25, -0.2) is 4.79 Å². The van der Waals surface area contributed by atoms with Gasteiger partial charge in [0.2, 0.25) is 0 Å². The summed E-state index contributed by atoms with van der Waals surface area (Å²) in [6, 6.07) is -1.48. The molecule has 1 rings (SSSR count). The molecule has 20 heavy (non-hydrogen) atoms. The maximum atomic E-state index is 12.0. The summed E-state index contributed by atoms with van der Waals surface area (Å²) in [6.45, 7) is 7.43. The molecule has 0 aromatic heterocycles. The first kappa shape index (κ1) is 16.4. The van der Waals surface area contributed by atoms with Crippen molar-refractivity contribution in [1.29, 1.82) is 0 Å². The van der Waals surface area contributed by atoms with Gasteiger partial charge in [0.1, 0.15) is 6.04 Å². The van der Waals surface area contributed by atoms with Gasteiger partial charge in [-0.15, -0.1) is 0 Å². The molecule has 1 fully saturated rings. The Balaban J connectivity index is 2.89. The van der Waals surface area contributed by atoms with Crippen LogP contribution in [0.15, 0.2) is 0 Å². The van der Waals surface area contributed by atoms with Crippen molar-refractivity contribution in [1.82, 2.24) is 10.6 Å². The number of rotatable bonds is 6. The van der Waals surface area contributed by atoms with Gasteiger partial charge in [-0.3, -0.25) is 20.2 Å². The first-order chi connectivity index (χ1) is 9.22. The van der Waals surface area contributed by atoms with E-state index in [2.05, 4.69) is 10.6 Å². The van der Waals surface area contributed by atoms with Crippen LogP contribution in [-0.4, -0.2) is 29.7 Å². The van der Waals surface area contributed by atoms with Crippen LogP contribution < -0.4 is 16.4 Å². The van der Waals surface area contributed by atoms with Gasteiger partial charge in [-0.2, -0.15) is 0 Å². The van der Waals surface area contributed by atoms with E-state index in [1.807, 2.05) is 20.8 Å².